The summed E-state index contributed by atoms with van der Waals surface area (Å²) in [6.45, 7) is 7.53. The minimum Gasteiger partial charge on any atom is -0.495 e. The quantitative estimate of drug-likeness (QED) is 0.508. The van der Waals surface area contributed by atoms with Gasteiger partial charge in [0.15, 0.2) is 5.96 Å². The van der Waals surface area contributed by atoms with Crippen LogP contribution in [-0.4, -0.2) is 52.8 Å². The first-order chi connectivity index (χ1) is 15.7. The Bertz CT molecular complexity index is 909. The lowest BCUT2D eigenvalue weighted by Gasteiger charge is -2.23. The van der Waals surface area contributed by atoms with Crippen LogP contribution in [0.15, 0.2) is 53.5 Å². The van der Waals surface area contributed by atoms with E-state index in [9.17, 15) is 0 Å². The number of ether oxygens (including phenoxy) is 1. The molecule has 2 atom stereocenters. The van der Waals surface area contributed by atoms with Gasteiger partial charge < -0.3 is 25.2 Å². The number of para-hydroxylation sites is 2. The molecule has 4 rings (SSSR count). The molecular weight excluding hydrogens is 398 g/mol. The van der Waals surface area contributed by atoms with Crippen molar-refractivity contribution in [3.8, 4) is 5.75 Å². The number of nitrogens with zero attached hydrogens (tertiary/aromatic N) is 3. The molecule has 0 bridgehead atoms. The van der Waals surface area contributed by atoms with Crippen LogP contribution in [0.1, 0.15) is 37.8 Å². The van der Waals surface area contributed by atoms with Gasteiger partial charge >= 0.3 is 0 Å². The standard InChI is InChI=1S/C26H37N5O/c1-20(22-9-8-10-23(17-22)30-14-6-7-15-30)29-26(27-2)28-18-21-13-16-31(19-21)24-11-4-5-12-25(24)32-3/h4-5,8-12,17,20-21H,6-7,13-16,18-19H2,1-3H3,(H2,27,28,29). The Kier molecular flexibility index (Phi) is 7.40. The zero-order valence-electron chi connectivity index (χ0n) is 19.7. The predicted octanol–water partition coefficient (Wildman–Crippen LogP) is 4.05. The highest BCUT2D eigenvalue weighted by atomic mass is 16.5. The van der Waals surface area contributed by atoms with Crippen molar-refractivity contribution in [2.75, 3.05) is 56.7 Å². The molecule has 0 radical (unpaired) electrons. The van der Waals surface area contributed by atoms with Crippen LogP contribution in [0.2, 0.25) is 0 Å². The van der Waals surface area contributed by atoms with Gasteiger partial charge in [-0.25, -0.2) is 0 Å². The molecule has 2 N–H and O–H groups in total. The molecule has 32 heavy (non-hydrogen) atoms. The summed E-state index contributed by atoms with van der Waals surface area (Å²) < 4.78 is 5.55. The van der Waals surface area contributed by atoms with E-state index in [0.717, 1.165) is 37.8 Å². The summed E-state index contributed by atoms with van der Waals surface area (Å²) >= 11 is 0. The average Bonchev–Trinajstić information content (AvgIpc) is 3.54. The third-order valence-electron chi connectivity index (χ3n) is 6.69. The van der Waals surface area contributed by atoms with E-state index in [-0.39, 0.29) is 6.04 Å². The zero-order chi connectivity index (χ0) is 22.3. The third-order valence-corrected chi connectivity index (χ3v) is 6.69. The number of hydrogen-bond donors (Lipinski definition) is 2. The SMILES string of the molecule is CN=C(NCC1CCN(c2ccccc2OC)C1)NC(C)c1cccc(N2CCCC2)c1. The second kappa shape index (κ2) is 10.6. The van der Waals surface area contributed by atoms with Crippen LogP contribution in [0, 0.1) is 5.92 Å². The number of benzene rings is 2. The fourth-order valence-corrected chi connectivity index (χ4v) is 4.80. The van der Waals surface area contributed by atoms with Gasteiger partial charge in [0, 0.05) is 45.5 Å². The Morgan fingerprint density at radius 3 is 2.69 bits per heavy atom. The molecule has 0 aliphatic carbocycles. The Balaban J connectivity index is 1.29. The van der Waals surface area contributed by atoms with Gasteiger partial charge in [0.2, 0.25) is 0 Å². The Morgan fingerprint density at radius 1 is 1.09 bits per heavy atom. The van der Waals surface area contributed by atoms with Crippen LogP contribution in [0.4, 0.5) is 11.4 Å². The smallest absolute Gasteiger partial charge is 0.191 e. The molecule has 2 aliphatic heterocycles. The first-order valence-electron chi connectivity index (χ1n) is 11.9. The normalized spacial score (nSPS) is 19.8. The van der Waals surface area contributed by atoms with E-state index in [2.05, 4.69) is 68.7 Å². The molecule has 2 aliphatic rings. The highest BCUT2D eigenvalue weighted by Crippen LogP contribution is 2.31. The van der Waals surface area contributed by atoms with E-state index in [1.807, 2.05) is 19.2 Å². The van der Waals surface area contributed by atoms with Crippen molar-refractivity contribution in [2.24, 2.45) is 10.9 Å². The molecule has 6 nitrogen and oxygen atoms in total. The van der Waals surface area contributed by atoms with Crippen molar-refractivity contribution >= 4 is 17.3 Å². The summed E-state index contributed by atoms with van der Waals surface area (Å²) in [4.78, 5) is 9.38. The van der Waals surface area contributed by atoms with Gasteiger partial charge in [-0.05, 0) is 61.9 Å². The summed E-state index contributed by atoms with van der Waals surface area (Å²) in [7, 11) is 3.59. The van der Waals surface area contributed by atoms with Crippen molar-refractivity contribution in [1.82, 2.24) is 10.6 Å². The van der Waals surface area contributed by atoms with Gasteiger partial charge in [-0.3, -0.25) is 4.99 Å². The summed E-state index contributed by atoms with van der Waals surface area (Å²) in [5, 5.41) is 7.13. The maximum atomic E-state index is 5.55. The maximum Gasteiger partial charge on any atom is 0.191 e. The van der Waals surface area contributed by atoms with Gasteiger partial charge in [0.05, 0.1) is 18.8 Å². The summed E-state index contributed by atoms with van der Waals surface area (Å²) in [6, 6.07) is 17.4. The molecule has 2 heterocycles. The summed E-state index contributed by atoms with van der Waals surface area (Å²) in [5.41, 5.74) is 3.81. The monoisotopic (exact) mass is 435 g/mol. The Labute approximate surface area is 192 Å². The van der Waals surface area contributed by atoms with Crippen LogP contribution in [-0.2, 0) is 0 Å². The van der Waals surface area contributed by atoms with Crippen molar-refractivity contribution in [1.29, 1.82) is 0 Å². The lowest BCUT2D eigenvalue weighted by molar-refractivity contribution is 0.414. The van der Waals surface area contributed by atoms with Gasteiger partial charge in [0.1, 0.15) is 5.75 Å². The molecule has 2 fully saturated rings. The Morgan fingerprint density at radius 2 is 1.91 bits per heavy atom. The van der Waals surface area contributed by atoms with E-state index in [4.69, 9.17) is 4.74 Å². The lowest BCUT2D eigenvalue weighted by atomic mass is 10.1. The summed E-state index contributed by atoms with van der Waals surface area (Å²) in [6.07, 6.45) is 3.75. The average molecular weight is 436 g/mol. The largest absolute Gasteiger partial charge is 0.495 e. The second-order valence-electron chi connectivity index (χ2n) is 8.88. The number of rotatable bonds is 7. The van der Waals surface area contributed by atoms with E-state index in [0.29, 0.717) is 5.92 Å². The molecule has 0 aromatic heterocycles. The lowest BCUT2D eigenvalue weighted by Crippen LogP contribution is -2.41. The molecule has 2 aromatic carbocycles. The van der Waals surface area contributed by atoms with E-state index >= 15 is 0 Å². The van der Waals surface area contributed by atoms with Crippen LogP contribution in [0.25, 0.3) is 0 Å². The molecule has 2 saturated heterocycles. The van der Waals surface area contributed by atoms with E-state index in [1.54, 1.807) is 7.11 Å². The number of anilines is 2. The second-order valence-corrected chi connectivity index (χ2v) is 8.88. The van der Waals surface area contributed by atoms with E-state index in [1.165, 1.54) is 42.9 Å². The van der Waals surface area contributed by atoms with Crippen LogP contribution in [0.3, 0.4) is 0 Å². The molecule has 2 unspecified atom stereocenters. The minimum absolute atomic E-state index is 0.192. The Hall–Kier alpha value is -2.89. The fourth-order valence-electron chi connectivity index (χ4n) is 4.80. The number of hydrogen-bond acceptors (Lipinski definition) is 4. The molecule has 0 spiro atoms. The molecule has 0 saturated carbocycles. The molecule has 172 valence electrons. The molecule has 0 amide bonds. The van der Waals surface area contributed by atoms with Gasteiger partial charge in [0.25, 0.3) is 0 Å². The highest BCUT2D eigenvalue weighted by Gasteiger charge is 2.25. The number of guanidine groups is 1. The first kappa shape index (κ1) is 22.3. The highest BCUT2D eigenvalue weighted by molar-refractivity contribution is 5.80. The maximum absolute atomic E-state index is 5.55. The minimum atomic E-state index is 0.192. The molecule has 2 aromatic rings. The van der Waals surface area contributed by atoms with Crippen molar-refractivity contribution < 1.29 is 4.74 Å². The number of methoxy groups -OCH3 is 1. The van der Waals surface area contributed by atoms with Crippen molar-refractivity contribution in [3.63, 3.8) is 0 Å². The summed E-state index contributed by atoms with van der Waals surface area (Å²) in [5.74, 6) is 2.38. The third kappa shape index (κ3) is 5.29. The number of aliphatic imine (C=N–C) groups is 1. The molecular formula is C26H37N5O. The van der Waals surface area contributed by atoms with Crippen LogP contribution < -0.4 is 25.2 Å². The van der Waals surface area contributed by atoms with Crippen LogP contribution in [0.5, 0.6) is 5.75 Å². The zero-order valence-corrected chi connectivity index (χ0v) is 19.7. The molecule has 6 heteroatoms. The van der Waals surface area contributed by atoms with Crippen molar-refractivity contribution in [3.05, 3.63) is 54.1 Å². The topological polar surface area (TPSA) is 52.1 Å². The predicted molar refractivity (Wildman–Crippen MR) is 134 cm³/mol. The van der Waals surface area contributed by atoms with Crippen molar-refractivity contribution in [2.45, 2.75) is 32.2 Å². The van der Waals surface area contributed by atoms with Crippen LogP contribution >= 0.6 is 0 Å². The van der Waals surface area contributed by atoms with Gasteiger partial charge in [-0.2, -0.15) is 0 Å². The van der Waals surface area contributed by atoms with Gasteiger partial charge in [-0.1, -0.05) is 24.3 Å². The first-order valence-corrected chi connectivity index (χ1v) is 11.9. The number of nitrogens with one attached hydrogen (secondary N) is 2. The fraction of sp³-hybridized carbons (Fsp3) is 0.500. The van der Waals surface area contributed by atoms with E-state index < -0.39 is 0 Å². The van der Waals surface area contributed by atoms with Gasteiger partial charge in [-0.15, -0.1) is 0 Å².